The van der Waals surface area contributed by atoms with E-state index in [1.165, 1.54) is 0 Å². The molecule has 3 saturated heterocycles. The number of pyridine rings is 2. The van der Waals surface area contributed by atoms with Gasteiger partial charge in [0.15, 0.2) is 0 Å². The first-order valence-corrected chi connectivity index (χ1v) is 22.1. The molecule has 0 radical (unpaired) electrons. The number of nitrogens with zero attached hydrogens (tertiary/aromatic N) is 9. The molecule has 1 aliphatic carbocycles. The second-order valence-electron chi connectivity index (χ2n) is 18.0. The fourth-order valence-corrected chi connectivity index (χ4v) is 10.6. The lowest BCUT2D eigenvalue weighted by Gasteiger charge is -2.45. The van der Waals surface area contributed by atoms with Crippen LogP contribution < -0.4 is 25.2 Å². The number of amides is 3. The number of aromatic nitrogens is 6. The highest BCUT2D eigenvalue weighted by Gasteiger charge is 2.37. The predicted molar refractivity (Wildman–Crippen MR) is 233 cm³/mol. The summed E-state index contributed by atoms with van der Waals surface area (Å²) in [5, 5.41) is 10.1. The van der Waals surface area contributed by atoms with Gasteiger partial charge in [-0.15, -0.1) is 0 Å². The Kier molecular flexibility index (Phi) is 10.4. The summed E-state index contributed by atoms with van der Waals surface area (Å²) in [6.45, 7) is 11.3. The average molecular weight is 844 g/mol. The van der Waals surface area contributed by atoms with Crippen LogP contribution in [-0.2, 0) is 23.2 Å². The van der Waals surface area contributed by atoms with Crippen LogP contribution in [0.25, 0.3) is 22.3 Å². The van der Waals surface area contributed by atoms with Crippen LogP contribution in [0.5, 0.6) is 5.88 Å². The van der Waals surface area contributed by atoms with Crippen LogP contribution in [-0.4, -0.2) is 110 Å². The van der Waals surface area contributed by atoms with Crippen LogP contribution in [0.2, 0.25) is 0 Å². The quantitative estimate of drug-likeness (QED) is 0.221. The fraction of sp³-hybridized carbons (Fsp3) is 0.500. The van der Waals surface area contributed by atoms with E-state index in [4.69, 9.17) is 19.7 Å². The van der Waals surface area contributed by atoms with E-state index < -0.39 is 12.1 Å². The van der Waals surface area contributed by atoms with Crippen LogP contribution in [0.15, 0.2) is 42.6 Å². The van der Waals surface area contributed by atoms with Gasteiger partial charge in [0.25, 0.3) is 5.91 Å². The zero-order valence-electron chi connectivity index (χ0n) is 35.9. The van der Waals surface area contributed by atoms with Crippen molar-refractivity contribution in [1.29, 1.82) is 0 Å². The molecule has 4 aromatic heterocycles. The van der Waals surface area contributed by atoms with Crippen LogP contribution >= 0.6 is 0 Å². The third-order valence-corrected chi connectivity index (χ3v) is 13.9. The second kappa shape index (κ2) is 16.1. The molecule has 1 unspecified atom stereocenters. The van der Waals surface area contributed by atoms with E-state index in [-0.39, 0.29) is 30.3 Å². The van der Waals surface area contributed by atoms with Gasteiger partial charge in [-0.3, -0.25) is 39.9 Å². The topological polar surface area (TPSA) is 156 Å². The second-order valence-corrected chi connectivity index (χ2v) is 18.0. The first-order chi connectivity index (χ1) is 29.9. The number of piperazine rings is 1. The summed E-state index contributed by atoms with van der Waals surface area (Å²) >= 11 is 0. The molecule has 2 N–H and O–H groups in total. The maximum Gasteiger partial charge on any atom is 0.258 e. The Hall–Kier alpha value is -5.90. The standard InChI is InChI=1S/C46H54FN11O4/c1-26-17-37-41(58-23-29-5-6-30(19-29)25-62-45-33(22-48-54(45)4)36-20-31(18-27(2)49-36)43(60)53-46(58)51-37)21-40(26)56-15-13-55(14-16-56)39-11-12-57(24-34(39)47)38-9-8-35(50-28(38)3)32-7-10-42(59)52-44(32)61/h8-9,17-18,20-22,29-30,32,34,39H,5-7,10-16,19,23-25H2,1-4H3,(H,51,53,60)(H,52,59,61)/t29-,30+,32?,34+,39-/m1/s1. The van der Waals surface area contributed by atoms with Crippen molar-refractivity contribution in [2.24, 2.45) is 18.9 Å². The van der Waals surface area contributed by atoms with E-state index in [0.717, 1.165) is 96.9 Å². The minimum absolute atomic E-state index is 0.169. The number of hydrogen-bond acceptors (Lipinski definition) is 11. The minimum atomic E-state index is -1.03. The number of imidazole rings is 1. The van der Waals surface area contributed by atoms with Gasteiger partial charge in [0, 0.05) is 75.7 Å². The van der Waals surface area contributed by atoms with Crippen molar-refractivity contribution >= 4 is 46.1 Å². The van der Waals surface area contributed by atoms with E-state index in [1.807, 2.05) is 33.0 Å². The number of carbonyl (C=O) groups excluding carboxylic acids is 3. The predicted octanol–water partition coefficient (Wildman–Crippen LogP) is 5.47. The highest BCUT2D eigenvalue weighted by atomic mass is 19.1. The van der Waals surface area contributed by atoms with Crippen LogP contribution in [0.3, 0.4) is 0 Å². The summed E-state index contributed by atoms with van der Waals surface area (Å²) in [5.41, 5.74) is 8.98. The average Bonchev–Trinajstić information content (AvgIpc) is 3.95. The van der Waals surface area contributed by atoms with Gasteiger partial charge >= 0.3 is 0 Å². The number of hydrogen-bond donors (Lipinski definition) is 2. The lowest BCUT2D eigenvalue weighted by molar-refractivity contribution is -0.134. The zero-order chi connectivity index (χ0) is 42.8. The Morgan fingerprint density at radius 1 is 0.823 bits per heavy atom. The van der Waals surface area contributed by atoms with Gasteiger partial charge in [-0.05, 0) is 107 Å². The molecule has 5 aliphatic rings. The number of aryl methyl sites for hydroxylation is 4. The van der Waals surface area contributed by atoms with E-state index >= 15 is 4.39 Å². The molecule has 15 nitrogen and oxygen atoms in total. The molecule has 8 heterocycles. The summed E-state index contributed by atoms with van der Waals surface area (Å²) in [4.78, 5) is 59.5. The maximum absolute atomic E-state index is 16.1. The number of fused-ring (bicyclic) bond motifs is 9. The number of alkyl halides is 1. The number of rotatable bonds is 4. The van der Waals surface area contributed by atoms with Crippen LogP contribution in [0, 0.1) is 32.6 Å². The van der Waals surface area contributed by atoms with Gasteiger partial charge in [-0.2, -0.15) is 5.10 Å². The van der Waals surface area contributed by atoms with E-state index in [9.17, 15) is 14.4 Å². The van der Waals surface area contributed by atoms with Gasteiger partial charge in [0.05, 0.1) is 64.6 Å². The molecule has 5 atom stereocenters. The molecule has 1 saturated carbocycles. The van der Waals surface area contributed by atoms with E-state index in [2.05, 4.69) is 54.1 Å². The van der Waals surface area contributed by atoms with Gasteiger partial charge in [0.2, 0.25) is 23.6 Å². The number of nitrogens with one attached hydrogen (secondary N) is 2. The highest BCUT2D eigenvalue weighted by Crippen LogP contribution is 2.38. The van der Waals surface area contributed by atoms with Crippen molar-refractivity contribution < 1.29 is 23.5 Å². The minimum Gasteiger partial charge on any atom is -0.477 e. The zero-order valence-corrected chi connectivity index (χ0v) is 35.9. The number of benzene rings is 1. The number of piperidine rings is 2. The molecular formula is C46H54FN11O4. The third-order valence-electron chi connectivity index (χ3n) is 13.9. The number of ether oxygens (including phenoxy) is 1. The normalized spacial score (nSPS) is 24.8. The summed E-state index contributed by atoms with van der Waals surface area (Å²) in [7, 11) is 1.87. The molecule has 3 amide bonds. The molecular weight excluding hydrogens is 790 g/mol. The molecule has 10 rings (SSSR count). The third kappa shape index (κ3) is 7.55. The monoisotopic (exact) mass is 843 g/mol. The summed E-state index contributed by atoms with van der Waals surface area (Å²) in [5.74, 6) is 0.728. The Labute approximate surface area is 360 Å². The Balaban J connectivity index is 0.848. The lowest BCUT2D eigenvalue weighted by atomic mass is 9.93. The van der Waals surface area contributed by atoms with E-state index in [1.54, 1.807) is 23.0 Å². The van der Waals surface area contributed by atoms with Gasteiger partial charge in [-0.1, -0.05) is 0 Å². The molecule has 62 heavy (non-hydrogen) atoms. The molecule has 4 aliphatic heterocycles. The lowest BCUT2D eigenvalue weighted by Crippen LogP contribution is -2.58. The SMILES string of the molecule is Cc1cc2cc(n1)-c1cnn(C)c1OC[C@H]1CC[C@H](C1)Cn1c(nc3cc(C)c(N4CCN([C@@H]5CCN(c6ccc(C7CCC(=O)NC7=O)nc6C)C[C@@H]5F)CC4)cc31)NC2=O. The molecule has 4 fully saturated rings. The Bertz CT molecular complexity index is 2580. The first-order valence-electron chi connectivity index (χ1n) is 22.1. The van der Waals surface area contributed by atoms with Crippen molar-refractivity contribution in [3.8, 4) is 17.1 Å². The summed E-state index contributed by atoms with van der Waals surface area (Å²) < 4.78 is 26.5. The molecule has 0 spiro atoms. The Morgan fingerprint density at radius 3 is 2.44 bits per heavy atom. The van der Waals surface area contributed by atoms with Gasteiger partial charge in [-0.25, -0.2) is 14.1 Å². The van der Waals surface area contributed by atoms with Gasteiger partial charge < -0.3 is 19.1 Å². The molecule has 1 aromatic carbocycles. The van der Waals surface area contributed by atoms with Crippen molar-refractivity contribution in [3.63, 3.8) is 0 Å². The van der Waals surface area contributed by atoms with Crippen molar-refractivity contribution in [1.82, 2.24) is 39.5 Å². The Morgan fingerprint density at radius 2 is 1.65 bits per heavy atom. The largest absolute Gasteiger partial charge is 0.477 e. The number of anilines is 3. The van der Waals surface area contributed by atoms with Crippen LogP contribution in [0.1, 0.15) is 77.4 Å². The fourth-order valence-electron chi connectivity index (χ4n) is 10.6. The molecule has 16 heteroatoms. The summed E-state index contributed by atoms with van der Waals surface area (Å²) in [6, 6.07) is 11.6. The molecule has 5 aromatic rings. The molecule has 324 valence electrons. The van der Waals surface area contributed by atoms with E-state index in [0.29, 0.717) is 73.0 Å². The smallest absolute Gasteiger partial charge is 0.258 e. The van der Waals surface area contributed by atoms with Crippen molar-refractivity contribution in [2.75, 3.05) is 61.0 Å². The van der Waals surface area contributed by atoms with Crippen molar-refractivity contribution in [3.05, 3.63) is 70.8 Å². The number of carbonyl (C=O) groups is 3. The van der Waals surface area contributed by atoms with Gasteiger partial charge in [0.1, 0.15) is 6.17 Å². The van der Waals surface area contributed by atoms with Crippen LogP contribution in [0.4, 0.5) is 21.7 Å². The number of imide groups is 1. The van der Waals surface area contributed by atoms with Crippen molar-refractivity contribution in [2.45, 2.75) is 84.0 Å². The maximum atomic E-state index is 16.1. The molecule has 4 bridgehead atoms. The first kappa shape index (κ1) is 40.2. The summed E-state index contributed by atoms with van der Waals surface area (Å²) in [6.07, 6.45) is 5.30. The highest BCUT2D eigenvalue weighted by molar-refractivity contribution is 6.05. The number of halogens is 1.